The fraction of sp³-hybridized carbons (Fsp3) is 0.150. The number of hydrogen-bond acceptors (Lipinski definition) is 6. The number of hydrogen-bond donors (Lipinski definition) is 0. The van der Waals surface area contributed by atoms with E-state index in [0.717, 1.165) is 0 Å². The first-order valence-electron chi connectivity index (χ1n) is 8.42. The molecule has 0 unspecified atom stereocenters. The second-order valence-corrected chi connectivity index (χ2v) is 6.17. The summed E-state index contributed by atoms with van der Waals surface area (Å²) in [6.07, 6.45) is -0.869. The van der Waals surface area contributed by atoms with Crippen molar-refractivity contribution >= 4 is 16.9 Å². The van der Waals surface area contributed by atoms with E-state index in [1.165, 1.54) is 36.4 Å². The molecule has 0 amide bonds. The maximum absolute atomic E-state index is 13.9. The van der Waals surface area contributed by atoms with Gasteiger partial charge in [-0.2, -0.15) is 0 Å². The molecule has 1 atom stereocenters. The molecule has 0 spiro atoms. The van der Waals surface area contributed by atoms with E-state index in [4.69, 9.17) is 13.6 Å². The second kappa shape index (κ2) is 6.88. The normalized spacial score (nSPS) is 12.3. The van der Waals surface area contributed by atoms with Crippen molar-refractivity contribution in [2.75, 3.05) is 0 Å². The van der Waals surface area contributed by atoms with Crippen LogP contribution < -0.4 is 0 Å². The van der Waals surface area contributed by atoms with Crippen molar-refractivity contribution in [1.29, 1.82) is 0 Å². The summed E-state index contributed by atoms with van der Waals surface area (Å²) in [5.41, 5.74) is 1.00. The Morgan fingerprint density at radius 1 is 1.07 bits per heavy atom. The average Bonchev–Trinajstić information content (AvgIpc) is 3.29. The van der Waals surface area contributed by atoms with Crippen molar-refractivity contribution in [3.8, 4) is 11.5 Å². The van der Waals surface area contributed by atoms with E-state index in [2.05, 4.69) is 10.2 Å². The molecule has 0 aliphatic heterocycles. The van der Waals surface area contributed by atoms with Crippen molar-refractivity contribution in [2.24, 2.45) is 0 Å². The molecule has 4 rings (SSSR count). The molecule has 2 heterocycles. The summed E-state index contributed by atoms with van der Waals surface area (Å²) < 4.78 is 43.1. The average molecular weight is 384 g/mol. The largest absolute Gasteiger partial charge is 0.447 e. The monoisotopic (exact) mass is 384 g/mol. The highest BCUT2D eigenvalue weighted by Crippen LogP contribution is 2.29. The number of esters is 1. The molecule has 0 saturated carbocycles. The quantitative estimate of drug-likeness (QED) is 0.462. The summed E-state index contributed by atoms with van der Waals surface area (Å²) in [6, 6.07) is 9.97. The highest BCUT2D eigenvalue weighted by molar-refractivity contribution is 5.96. The van der Waals surface area contributed by atoms with Crippen LogP contribution in [-0.2, 0) is 4.74 Å². The van der Waals surface area contributed by atoms with E-state index in [9.17, 15) is 13.6 Å². The maximum Gasteiger partial charge on any atom is 0.375 e. The first-order valence-corrected chi connectivity index (χ1v) is 8.42. The number of ether oxygens (including phenoxy) is 1. The van der Waals surface area contributed by atoms with Crippen LogP contribution in [0, 0.1) is 18.6 Å². The van der Waals surface area contributed by atoms with Gasteiger partial charge in [0, 0.05) is 16.5 Å². The van der Waals surface area contributed by atoms with E-state index < -0.39 is 17.9 Å². The van der Waals surface area contributed by atoms with Crippen LogP contribution >= 0.6 is 0 Å². The highest BCUT2D eigenvalue weighted by Gasteiger charge is 2.25. The van der Waals surface area contributed by atoms with Crippen molar-refractivity contribution < 1.29 is 27.1 Å². The highest BCUT2D eigenvalue weighted by atomic mass is 19.1. The zero-order valence-electron chi connectivity index (χ0n) is 14.9. The van der Waals surface area contributed by atoms with Gasteiger partial charge in [-0.15, -0.1) is 10.2 Å². The van der Waals surface area contributed by atoms with Gasteiger partial charge in [0.25, 0.3) is 5.89 Å². The Labute approximate surface area is 157 Å². The van der Waals surface area contributed by atoms with E-state index in [0.29, 0.717) is 16.5 Å². The molecule has 0 aliphatic rings. The Balaban J connectivity index is 1.55. The third-order valence-electron chi connectivity index (χ3n) is 4.26. The predicted octanol–water partition coefficient (Wildman–Crippen LogP) is 4.99. The molecule has 0 saturated heterocycles. The second-order valence-electron chi connectivity index (χ2n) is 6.17. The lowest BCUT2D eigenvalue weighted by atomic mass is 10.1. The number of nitrogens with zero attached hydrogens (tertiary/aromatic N) is 2. The number of para-hydroxylation sites is 1. The molecular formula is C20H14F2N2O4. The Kier molecular flexibility index (Phi) is 4.38. The standard InChI is InChI=1S/C20H14F2N2O4/c1-10-14-4-3-5-15(22)17(14)27-16(10)20(25)26-11(2)18-23-24-19(28-18)12-6-8-13(21)9-7-12/h3-9,11H,1-2H3/t11-/m1/s1. The van der Waals surface area contributed by atoms with Crippen LogP contribution in [0.5, 0.6) is 0 Å². The number of rotatable bonds is 4. The summed E-state index contributed by atoms with van der Waals surface area (Å²) in [6.45, 7) is 3.20. The molecular weight excluding hydrogens is 370 g/mol. The van der Waals surface area contributed by atoms with E-state index in [-0.39, 0.29) is 28.9 Å². The van der Waals surface area contributed by atoms with Crippen molar-refractivity contribution in [3.63, 3.8) is 0 Å². The van der Waals surface area contributed by atoms with Gasteiger partial charge in [0.15, 0.2) is 17.5 Å². The minimum Gasteiger partial charge on any atom is -0.447 e. The molecule has 28 heavy (non-hydrogen) atoms. The Morgan fingerprint density at radius 3 is 2.54 bits per heavy atom. The first-order chi connectivity index (χ1) is 13.4. The van der Waals surface area contributed by atoms with Crippen molar-refractivity contribution in [1.82, 2.24) is 10.2 Å². The van der Waals surface area contributed by atoms with Crippen LogP contribution in [0.15, 0.2) is 51.3 Å². The summed E-state index contributed by atoms with van der Waals surface area (Å²) in [4.78, 5) is 12.5. The van der Waals surface area contributed by atoms with Gasteiger partial charge < -0.3 is 13.6 Å². The van der Waals surface area contributed by atoms with E-state index in [1.54, 1.807) is 19.9 Å². The molecule has 2 aromatic heterocycles. The van der Waals surface area contributed by atoms with Crippen molar-refractivity contribution in [2.45, 2.75) is 20.0 Å². The minimum atomic E-state index is -0.869. The van der Waals surface area contributed by atoms with E-state index >= 15 is 0 Å². The van der Waals surface area contributed by atoms with Gasteiger partial charge in [-0.3, -0.25) is 0 Å². The zero-order chi connectivity index (χ0) is 19.8. The number of carbonyl (C=O) groups is 1. The fourth-order valence-corrected chi connectivity index (χ4v) is 2.78. The molecule has 0 fully saturated rings. The summed E-state index contributed by atoms with van der Waals surface area (Å²) in [7, 11) is 0. The van der Waals surface area contributed by atoms with E-state index in [1.807, 2.05) is 0 Å². The Bertz CT molecular complexity index is 1160. The number of halogens is 2. The lowest BCUT2D eigenvalue weighted by molar-refractivity contribution is 0.0245. The smallest absolute Gasteiger partial charge is 0.375 e. The number of furan rings is 1. The fourth-order valence-electron chi connectivity index (χ4n) is 2.78. The molecule has 6 nitrogen and oxygen atoms in total. The summed E-state index contributed by atoms with van der Waals surface area (Å²) >= 11 is 0. The SMILES string of the molecule is Cc1c(C(=O)O[C@H](C)c2nnc(-c3ccc(F)cc3)o2)oc2c(F)cccc12. The van der Waals surface area contributed by atoms with Gasteiger partial charge in [0.05, 0.1) is 0 Å². The van der Waals surface area contributed by atoms with Gasteiger partial charge in [-0.25, -0.2) is 13.6 Å². The molecule has 0 N–H and O–H groups in total. The van der Waals surface area contributed by atoms with Crippen LogP contribution in [0.4, 0.5) is 8.78 Å². The van der Waals surface area contributed by atoms with Crippen LogP contribution in [-0.4, -0.2) is 16.2 Å². The van der Waals surface area contributed by atoms with Crippen molar-refractivity contribution in [3.05, 3.63) is 71.3 Å². The van der Waals surface area contributed by atoms with Gasteiger partial charge in [-0.1, -0.05) is 12.1 Å². The third-order valence-corrected chi connectivity index (χ3v) is 4.26. The topological polar surface area (TPSA) is 78.4 Å². The lowest BCUT2D eigenvalue weighted by Gasteiger charge is -2.08. The molecule has 4 aromatic rings. The molecule has 0 bridgehead atoms. The summed E-state index contributed by atoms with van der Waals surface area (Å²) in [5.74, 6) is -1.59. The molecule has 0 aliphatic carbocycles. The maximum atomic E-state index is 13.9. The summed E-state index contributed by atoms with van der Waals surface area (Å²) in [5, 5.41) is 8.24. The van der Waals surface area contributed by atoms with Crippen LogP contribution in [0.2, 0.25) is 0 Å². The lowest BCUT2D eigenvalue weighted by Crippen LogP contribution is -2.09. The van der Waals surface area contributed by atoms with Gasteiger partial charge in [-0.05, 0) is 44.2 Å². The number of fused-ring (bicyclic) bond motifs is 1. The molecule has 2 aromatic carbocycles. The van der Waals surface area contributed by atoms with Gasteiger partial charge in [0.2, 0.25) is 11.7 Å². The number of benzene rings is 2. The van der Waals surface area contributed by atoms with Crippen LogP contribution in [0.25, 0.3) is 22.4 Å². The Hall–Kier alpha value is -3.55. The Morgan fingerprint density at radius 2 is 1.82 bits per heavy atom. The minimum absolute atomic E-state index is 0.00371. The number of aromatic nitrogens is 2. The number of aryl methyl sites for hydroxylation is 1. The zero-order valence-corrected chi connectivity index (χ0v) is 14.9. The van der Waals surface area contributed by atoms with Gasteiger partial charge >= 0.3 is 5.97 Å². The predicted molar refractivity (Wildman–Crippen MR) is 94.4 cm³/mol. The molecule has 0 radical (unpaired) electrons. The molecule has 142 valence electrons. The first kappa shape index (κ1) is 17.8. The molecule has 8 heteroatoms. The number of carbonyl (C=O) groups excluding carboxylic acids is 1. The van der Waals surface area contributed by atoms with Gasteiger partial charge in [0.1, 0.15) is 5.82 Å². The van der Waals surface area contributed by atoms with Crippen LogP contribution in [0.1, 0.15) is 35.0 Å². The van der Waals surface area contributed by atoms with Crippen LogP contribution in [0.3, 0.4) is 0 Å². The third kappa shape index (κ3) is 3.13.